The van der Waals surface area contributed by atoms with Gasteiger partial charge in [0.2, 0.25) is 5.91 Å². The summed E-state index contributed by atoms with van der Waals surface area (Å²) >= 11 is 0. The molecule has 1 aliphatic rings. The number of piperazine rings is 1. The summed E-state index contributed by atoms with van der Waals surface area (Å²) in [4.78, 5) is 39.0. The van der Waals surface area contributed by atoms with Gasteiger partial charge in [0.15, 0.2) is 9.84 Å². The van der Waals surface area contributed by atoms with Crippen LogP contribution in [0.4, 0.5) is 11.4 Å². The molecule has 33 heavy (non-hydrogen) atoms. The van der Waals surface area contributed by atoms with Gasteiger partial charge >= 0.3 is 0 Å². The van der Waals surface area contributed by atoms with Crippen LogP contribution in [0.2, 0.25) is 0 Å². The number of anilines is 1. The third kappa shape index (κ3) is 5.93. The molecule has 176 valence electrons. The van der Waals surface area contributed by atoms with Gasteiger partial charge in [0.1, 0.15) is 0 Å². The number of nitrogens with one attached hydrogen (secondary N) is 1. The molecule has 0 aromatic heterocycles. The van der Waals surface area contributed by atoms with Gasteiger partial charge in [-0.2, -0.15) is 0 Å². The number of nitro benzene ring substituents is 1. The third-order valence-corrected chi connectivity index (χ3v) is 6.64. The minimum absolute atomic E-state index is 0.0501. The Balaban J connectivity index is 1.64. The monoisotopic (exact) mass is 474 g/mol. The lowest BCUT2D eigenvalue weighted by molar-refractivity contribution is -0.385. The molecule has 0 radical (unpaired) electrons. The van der Waals surface area contributed by atoms with Crippen molar-refractivity contribution in [1.82, 2.24) is 9.80 Å². The molecule has 0 bridgehead atoms. The average Bonchev–Trinajstić information content (AvgIpc) is 2.75. The molecule has 1 aliphatic heterocycles. The molecule has 10 nitrogen and oxygen atoms in total. The Bertz CT molecular complexity index is 1180. The van der Waals surface area contributed by atoms with Gasteiger partial charge in [0.05, 0.1) is 16.4 Å². The third-order valence-electron chi connectivity index (χ3n) is 5.55. The number of sulfone groups is 1. The molecule has 2 aromatic rings. The SMILES string of the molecule is Cc1cccc(C)c1NC(=O)CN1CCN(C(=O)c2cc([N+](=O)[O-])cc(S(C)(=O)=O)c2)CC1. The van der Waals surface area contributed by atoms with E-state index in [2.05, 4.69) is 5.32 Å². The van der Waals surface area contributed by atoms with Crippen molar-refractivity contribution in [3.8, 4) is 0 Å². The van der Waals surface area contributed by atoms with Crippen LogP contribution in [0.25, 0.3) is 0 Å². The first-order chi connectivity index (χ1) is 15.5. The average molecular weight is 475 g/mol. The fourth-order valence-electron chi connectivity index (χ4n) is 3.71. The first kappa shape index (κ1) is 24.3. The summed E-state index contributed by atoms with van der Waals surface area (Å²) in [5.41, 5.74) is 2.24. The van der Waals surface area contributed by atoms with E-state index in [9.17, 15) is 28.1 Å². The van der Waals surface area contributed by atoms with E-state index in [1.54, 1.807) is 0 Å². The van der Waals surface area contributed by atoms with E-state index < -0.39 is 26.4 Å². The number of aryl methyl sites for hydroxylation is 2. The summed E-state index contributed by atoms with van der Waals surface area (Å²) in [6.45, 7) is 5.54. The van der Waals surface area contributed by atoms with E-state index in [-0.39, 0.29) is 22.9 Å². The molecule has 2 amide bonds. The van der Waals surface area contributed by atoms with Gasteiger partial charge in [-0.3, -0.25) is 24.6 Å². The molecular weight excluding hydrogens is 448 g/mol. The van der Waals surface area contributed by atoms with Gasteiger partial charge < -0.3 is 10.2 Å². The number of non-ortho nitro benzene ring substituents is 1. The topological polar surface area (TPSA) is 130 Å². The fraction of sp³-hybridized carbons (Fsp3) is 0.364. The molecule has 3 rings (SSSR count). The maximum atomic E-state index is 12.9. The highest BCUT2D eigenvalue weighted by Crippen LogP contribution is 2.23. The predicted octanol–water partition coefficient (Wildman–Crippen LogP) is 2.01. The van der Waals surface area contributed by atoms with Crippen LogP contribution in [-0.4, -0.2) is 73.9 Å². The fourth-order valence-corrected chi connectivity index (χ4v) is 4.39. The van der Waals surface area contributed by atoms with E-state index in [1.165, 1.54) is 4.90 Å². The van der Waals surface area contributed by atoms with Crippen molar-refractivity contribution in [1.29, 1.82) is 0 Å². The summed E-state index contributed by atoms with van der Waals surface area (Å²) in [7, 11) is -3.73. The van der Waals surface area contributed by atoms with Gasteiger partial charge in [-0.1, -0.05) is 18.2 Å². The molecule has 1 saturated heterocycles. The van der Waals surface area contributed by atoms with E-state index in [4.69, 9.17) is 0 Å². The first-order valence-corrected chi connectivity index (χ1v) is 12.2. The Morgan fingerprint density at radius 2 is 1.67 bits per heavy atom. The lowest BCUT2D eigenvalue weighted by Gasteiger charge is -2.34. The Morgan fingerprint density at radius 1 is 1.06 bits per heavy atom. The number of hydrogen-bond donors (Lipinski definition) is 1. The maximum Gasteiger partial charge on any atom is 0.271 e. The van der Waals surface area contributed by atoms with Crippen molar-refractivity contribution < 1.29 is 22.9 Å². The number of nitro groups is 1. The lowest BCUT2D eigenvalue weighted by atomic mass is 10.1. The summed E-state index contributed by atoms with van der Waals surface area (Å²) in [6.07, 6.45) is 0.933. The zero-order valence-electron chi connectivity index (χ0n) is 18.7. The quantitative estimate of drug-likeness (QED) is 0.501. The molecular formula is C22H26N4O6S. The van der Waals surface area contributed by atoms with Gasteiger partial charge in [-0.15, -0.1) is 0 Å². The van der Waals surface area contributed by atoms with E-state index in [0.29, 0.717) is 26.2 Å². The van der Waals surface area contributed by atoms with Crippen molar-refractivity contribution >= 4 is 33.0 Å². The molecule has 0 aliphatic carbocycles. The predicted molar refractivity (Wildman–Crippen MR) is 123 cm³/mol. The second-order valence-corrected chi connectivity index (χ2v) is 10.1. The molecule has 2 aromatic carbocycles. The molecule has 0 spiro atoms. The van der Waals surface area contributed by atoms with Crippen molar-refractivity contribution in [3.05, 3.63) is 63.2 Å². The van der Waals surface area contributed by atoms with Crippen molar-refractivity contribution in [2.75, 3.05) is 44.3 Å². The Labute approximate surface area is 192 Å². The lowest BCUT2D eigenvalue weighted by Crippen LogP contribution is -2.50. The molecule has 1 fully saturated rings. The Kier molecular flexibility index (Phi) is 7.13. The highest BCUT2D eigenvalue weighted by Gasteiger charge is 2.26. The molecule has 1 N–H and O–H groups in total. The number of rotatable bonds is 6. The second kappa shape index (κ2) is 9.67. The minimum atomic E-state index is -3.73. The number of nitrogens with zero attached hydrogens (tertiary/aromatic N) is 3. The van der Waals surface area contributed by atoms with Crippen LogP contribution < -0.4 is 5.32 Å². The number of carbonyl (C=O) groups excluding carboxylic acids is 2. The van der Waals surface area contributed by atoms with Crippen LogP contribution in [0.1, 0.15) is 21.5 Å². The van der Waals surface area contributed by atoms with E-state index in [0.717, 1.165) is 41.3 Å². The first-order valence-electron chi connectivity index (χ1n) is 10.3. The highest BCUT2D eigenvalue weighted by atomic mass is 32.2. The second-order valence-electron chi connectivity index (χ2n) is 8.13. The Morgan fingerprint density at radius 3 is 2.21 bits per heavy atom. The van der Waals surface area contributed by atoms with Gasteiger partial charge in [-0.25, -0.2) is 8.42 Å². The number of carbonyl (C=O) groups is 2. The Hall–Kier alpha value is -3.31. The van der Waals surface area contributed by atoms with Gasteiger partial charge in [0, 0.05) is 55.8 Å². The number of amides is 2. The van der Waals surface area contributed by atoms with Crippen LogP contribution >= 0.6 is 0 Å². The summed E-state index contributed by atoms with van der Waals surface area (Å²) in [6, 6.07) is 8.97. The largest absolute Gasteiger partial charge is 0.336 e. The van der Waals surface area contributed by atoms with Crippen LogP contribution in [0, 0.1) is 24.0 Å². The van der Waals surface area contributed by atoms with Crippen LogP contribution in [0.3, 0.4) is 0 Å². The molecule has 0 unspecified atom stereocenters. The number of hydrogen-bond acceptors (Lipinski definition) is 7. The van der Waals surface area contributed by atoms with Gasteiger partial charge in [-0.05, 0) is 31.0 Å². The zero-order chi connectivity index (χ0) is 24.3. The summed E-state index contributed by atoms with van der Waals surface area (Å²) in [5.74, 6) is -0.633. The van der Waals surface area contributed by atoms with E-state index >= 15 is 0 Å². The molecule has 11 heteroatoms. The molecule has 0 atom stereocenters. The maximum absolute atomic E-state index is 12.9. The normalized spacial score (nSPS) is 14.7. The zero-order valence-corrected chi connectivity index (χ0v) is 19.5. The molecule has 1 heterocycles. The van der Waals surface area contributed by atoms with Crippen LogP contribution in [-0.2, 0) is 14.6 Å². The van der Waals surface area contributed by atoms with Crippen molar-refractivity contribution in [3.63, 3.8) is 0 Å². The highest BCUT2D eigenvalue weighted by molar-refractivity contribution is 7.90. The minimum Gasteiger partial charge on any atom is -0.336 e. The standard InChI is InChI=1S/C22H26N4O6S/c1-15-5-4-6-16(2)21(15)23-20(27)14-24-7-9-25(10-8-24)22(28)17-11-18(26(29)30)13-19(12-17)33(3,31)32/h4-6,11-13H,7-10,14H2,1-3H3,(H,23,27). The van der Waals surface area contributed by atoms with Crippen LogP contribution in [0.5, 0.6) is 0 Å². The number of benzene rings is 2. The summed E-state index contributed by atoms with van der Waals surface area (Å²) in [5, 5.41) is 14.1. The number of para-hydroxylation sites is 1. The van der Waals surface area contributed by atoms with Crippen molar-refractivity contribution in [2.24, 2.45) is 0 Å². The summed E-state index contributed by atoms with van der Waals surface area (Å²) < 4.78 is 23.8. The van der Waals surface area contributed by atoms with Crippen molar-refractivity contribution in [2.45, 2.75) is 18.7 Å². The van der Waals surface area contributed by atoms with E-state index in [1.807, 2.05) is 36.9 Å². The van der Waals surface area contributed by atoms with Crippen LogP contribution in [0.15, 0.2) is 41.3 Å². The van der Waals surface area contributed by atoms with Gasteiger partial charge in [0.25, 0.3) is 11.6 Å². The molecule has 0 saturated carbocycles. The smallest absolute Gasteiger partial charge is 0.271 e.